The second-order valence-electron chi connectivity index (χ2n) is 10.5. The lowest BCUT2D eigenvalue weighted by atomic mass is 9.91. The van der Waals surface area contributed by atoms with Crippen LogP contribution in [0.15, 0.2) is 48.5 Å². The fourth-order valence-electron chi connectivity index (χ4n) is 4.79. The first-order valence-corrected chi connectivity index (χ1v) is 12.1. The summed E-state index contributed by atoms with van der Waals surface area (Å²) >= 11 is 0. The molecule has 1 fully saturated rings. The van der Waals surface area contributed by atoms with Gasteiger partial charge in [0.25, 0.3) is 0 Å². The molecule has 2 aromatic carbocycles. The topological polar surface area (TPSA) is 75.9 Å². The number of carbonyl (C=O) groups is 1. The first-order chi connectivity index (χ1) is 16.7. The molecule has 1 atom stereocenters. The van der Waals surface area contributed by atoms with Gasteiger partial charge in [-0.05, 0) is 36.6 Å². The molecule has 1 aliphatic rings. The average Bonchev–Trinajstić information content (AvgIpc) is 3.28. The molecule has 8 heteroatoms. The maximum absolute atomic E-state index is 13.0. The van der Waals surface area contributed by atoms with Crippen molar-refractivity contribution in [2.45, 2.75) is 40.2 Å². The summed E-state index contributed by atoms with van der Waals surface area (Å²) in [5.41, 5.74) is 2.51. The average molecular weight is 473 g/mol. The summed E-state index contributed by atoms with van der Waals surface area (Å²) in [4.78, 5) is 22.3. The van der Waals surface area contributed by atoms with Gasteiger partial charge in [0.2, 0.25) is 11.9 Å². The highest BCUT2D eigenvalue weighted by Crippen LogP contribution is 2.31. The Bertz CT molecular complexity index is 1390. The van der Waals surface area contributed by atoms with Crippen LogP contribution in [0.5, 0.6) is 5.75 Å². The number of rotatable bonds is 4. The molecular formula is C27H32N6O2. The van der Waals surface area contributed by atoms with Gasteiger partial charge in [0.1, 0.15) is 5.75 Å². The van der Waals surface area contributed by atoms with Crippen LogP contribution in [0.1, 0.15) is 34.1 Å². The first kappa shape index (κ1) is 23.1. The smallest absolute Gasteiger partial charge is 0.223 e. The van der Waals surface area contributed by atoms with E-state index in [1.165, 1.54) is 0 Å². The molecule has 8 nitrogen and oxygen atoms in total. The number of aromatic nitrogens is 4. The van der Waals surface area contributed by atoms with Crippen molar-refractivity contribution in [1.29, 1.82) is 0 Å². The van der Waals surface area contributed by atoms with Gasteiger partial charge in [-0.3, -0.25) is 4.79 Å². The number of amides is 1. The van der Waals surface area contributed by atoms with E-state index in [2.05, 4.69) is 42.8 Å². The zero-order chi connectivity index (χ0) is 24.7. The molecule has 0 radical (unpaired) electrons. The third-order valence-corrected chi connectivity index (χ3v) is 6.47. The van der Waals surface area contributed by atoms with Gasteiger partial charge in [0.15, 0.2) is 11.5 Å². The molecule has 4 aromatic rings. The molecule has 1 saturated heterocycles. The van der Waals surface area contributed by atoms with Crippen molar-refractivity contribution < 1.29 is 9.53 Å². The number of methoxy groups -OCH3 is 1. The molecule has 0 aliphatic carbocycles. The van der Waals surface area contributed by atoms with Crippen molar-refractivity contribution in [3.8, 4) is 17.1 Å². The summed E-state index contributed by atoms with van der Waals surface area (Å²) in [6.45, 7) is 10.5. The summed E-state index contributed by atoms with van der Waals surface area (Å²) < 4.78 is 7.48. The van der Waals surface area contributed by atoms with Crippen LogP contribution in [-0.2, 0) is 4.79 Å². The Morgan fingerprint density at radius 2 is 1.89 bits per heavy atom. The number of nitrogens with zero attached hydrogens (tertiary/aromatic N) is 6. The number of hydrogen-bond acceptors (Lipinski definition) is 6. The maximum atomic E-state index is 13.0. The predicted octanol–water partition coefficient (Wildman–Crippen LogP) is 4.43. The molecule has 35 heavy (non-hydrogen) atoms. The largest absolute Gasteiger partial charge is 0.497 e. The van der Waals surface area contributed by atoms with Gasteiger partial charge >= 0.3 is 0 Å². The van der Waals surface area contributed by atoms with Crippen molar-refractivity contribution in [3.05, 3.63) is 48.5 Å². The van der Waals surface area contributed by atoms with Gasteiger partial charge in [0.05, 0.1) is 12.6 Å². The van der Waals surface area contributed by atoms with Crippen molar-refractivity contribution in [2.24, 2.45) is 5.41 Å². The van der Waals surface area contributed by atoms with Crippen LogP contribution in [0.3, 0.4) is 0 Å². The minimum atomic E-state index is -0.0336. The van der Waals surface area contributed by atoms with Crippen LogP contribution < -0.4 is 9.64 Å². The molecule has 1 amide bonds. The van der Waals surface area contributed by atoms with Gasteiger partial charge in [-0.15, -0.1) is 10.2 Å². The molecule has 0 spiro atoms. The number of benzene rings is 2. The molecule has 0 N–H and O–H groups in total. The van der Waals surface area contributed by atoms with E-state index in [1.54, 1.807) is 7.11 Å². The van der Waals surface area contributed by atoms with E-state index in [4.69, 9.17) is 9.72 Å². The molecule has 182 valence electrons. The molecular weight excluding hydrogens is 440 g/mol. The van der Waals surface area contributed by atoms with Gasteiger partial charge in [-0.1, -0.05) is 45.0 Å². The number of ether oxygens (including phenoxy) is 1. The fourth-order valence-corrected chi connectivity index (χ4v) is 4.79. The Kier molecular flexibility index (Phi) is 5.83. The van der Waals surface area contributed by atoms with Crippen molar-refractivity contribution >= 4 is 28.4 Å². The van der Waals surface area contributed by atoms with E-state index in [0.717, 1.165) is 33.8 Å². The Labute approximate surface area is 205 Å². The summed E-state index contributed by atoms with van der Waals surface area (Å²) in [5, 5.41) is 10.1. The van der Waals surface area contributed by atoms with Crippen LogP contribution in [0.4, 0.5) is 5.95 Å². The number of carbonyl (C=O) groups excluding carboxylic acids is 1. The Balaban J connectivity index is 1.58. The lowest BCUT2D eigenvalue weighted by Gasteiger charge is -2.41. The molecule has 2 aromatic heterocycles. The monoisotopic (exact) mass is 472 g/mol. The minimum absolute atomic E-state index is 0.0336. The second kappa shape index (κ2) is 8.83. The van der Waals surface area contributed by atoms with Crippen LogP contribution in [-0.4, -0.2) is 63.2 Å². The fraction of sp³-hybridized carbons (Fsp3) is 0.407. The van der Waals surface area contributed by atoms with Crippen molar-refractivity contribution in [3.63, 3.8) is 0 Å². The zero-order valence-electron chi connectivity index (χ0n) is 21.0. The SMILES string of the molecule is COc1cccc(-c2nnc3c4ccccc4nc(N4CCN(C(=O)CC(C)(C)C)C(C)C4)n23)c1. The van der Waals surface area contributed by atoms with E-state index in [9.17, 15) is 4.79 Å². The zero-order valence-corrected chi connectivity index (χ0v) is 21.0. The Morgan fingerprint density at radius 3 is 2.63 bits per heavy atom. The van der Waals surface area contributed by atoms with E-state index in [0.29, 0.717) is 31.9 Å². The quantitative estimate of drug-likeness (QED) is 0.438. The van der Waals surface area contributed by atoms with Crippen molar-refractivity contribution in [2.75, 3.05) is 31.6 Å². The molecule has 0 bridgehead atoms. The Morgan fingerprint density at radius 1 is 1.09 bits per heavy atom. The molecule has 3 heterocycles. The molecule has 0 saturated carbocycles. The van der Waals surface area contributed by atoms with Crippen LogP contribution >= 0.6 is 0 Å². The van der Waals surface area contributed by atoms with Crippen LogP contribution in [0.2, 0.25) is 0 Å². The number of piperazine rings is 1. The molecule has 1 aliphatic heterocycles. The Hall–Kier alpha value is -3.68. The van der Waals surface area contributed by atoms with Gasteiger partial charge in [-0.2, -0.15) is 0 Å². The number of anilines is 1. The van der Waals surface area contributed by atoms with E-state index < -0.39 is 0 Å². The third kappa shape index (κ3) is 4.40. The van der Waals surface area contributed by atoms with Gasteiger partial charge in [0, 0.05) is 43.0 Å². The highest BCUT2D eigenvalue weighted by molar-refractivity contribution is 5.93. The minimum Gasteiger partial charge on any atom is -0.497 e. The van der Waals surface area contributed by atoms with E-state index >= 15 is 0 Å². The highest BCUT2D eigenvalue weighted by Gasteiger charge is 2.32. The van der Waals surface area contributed by atoms with E-state index in [-0.39, 0.29) is 17.4 Å². The summed E-state index contributed by atoms with van der Waals surface area (Å²) in [5.74, 6) is 2.47. The summed E-state index contributed by atoms with van der Waals surface area (Å²) in [6, 6.07) is 15.9. The first-order valence-electron chi connectivity index (χ1n) is 12.1. The molecule has 5 rings (SSSR count). The van der Waals surface area contributed by atoms with Crippen molar-refractivity contribution in [1.82, 2.24) is 24.5 Å². The normalized spacial score (nSPS) is 16.8. The number of hydrogen-bond donors (Lipinski definition) is 0. The van der Waals surface area contributed by atoms with Crippen LogP contribution in [0.25, 0.3) is 27.9 Å². The van der Waals surface area contributed by atoms with Crippen LogP contribution in [0, 0.1) is 5.41 Å². The second-order valence-corrected chi connectivity index (χ2v) is 10.5. The maximum Gasteiger partial charge on any atom is 0.223 e. The van der Waals surface area contributed by atoms with Gasteiger partial charge < -0.3 is 14.5 Å². The molecule has 1 unspecified atom stereocenters. The predicted molar refractivity (Wildman–Crippen MR) is 138 cm³/mol. The number of fused-ring (bicyclic) bond motifs is 3. The lowest BCUT2D eigenvalue weighted by molar-refractivity contribution is -0.135. The lowest BCUT2D eigenvalue weighted by Crippen LogP contribution is -2.55. The third-order valence-electron chi connectivity index (χ3n) is 6.47. The summed E-state index contributed by atoms with van der Waals surface area (Å²) in [7, 11) is 1.66. The van der Waals surface area contributed by atoms with E-state index in [1.807, 2.05) is 57.8 Å². The number of para-hydroxylation sites is 1. The standard InChI is InChI=1S/C27H32N6O2/c1-18-17-31(13-14-32(18)23(34)16-27(2,3)4)26-28-22-12-7-6-11-21(22)25-30-29-24(33(25)26)19-9-8-10-20(15-19)35-5/h6-12,15,18H,13-14,16-17H2,1-5H3. The summed E-state index contributed by atoms with van der Waals surface area (Å²) in [6.07, 6.45) is 0.543. The van der Waals surface area contributed by atoms with Gasteiger partial charge in [-0.25, -0.2) is 9.38 Å². The highest BCUT2D eigenvalue weighted by atomic mass is 16.5.